The molecule has 1 amide bonds. The van der Waals surface area contributed by atoms with Gasteiger partial charge in [0.2, 0.25) is 0 Å². The number of halogens is 6. The second-order valence-corrected chi connectivity index (χ2v) is 12.3. The first-order valence-electron chi connectivity index (χ1n) is 12.5. The van der Waals surface area contributed by atoms with Crippen molar-refractivity contribution in [1.82, 2.24) is 14.9 Å². The average molecular weight is 611 g/mol. The lowest BCUT2D eigenvalue weighted by molar-refractivity contribution is -0.274. The number of rotatable bonds is 9. The van der Waals surface area contributed by atoms with E-state index in [0.29, 0.717) is 0 Å². The Morgan fingerprint density at radius 2 is 1.88 bits per heavy atom. The summed E-state index contributed by atoms with van der Waals surface area (Å²) < 4.78 is 106. The van der Waals surface area contributed by atoms with Gasteiger partial charge in [0.15, 0.2) is 17.1 Å². The summed E-state index contributed by atoms with van der Waals surface area (Å²) in [4.78, 5) is 17.1. The molecule has 3 rings (SSSR count). The molecule has 0 radical (unpaired) electrons. The molecule has 1 heterocycles. The van der Waals surface area contributed by atoms with E-state index in [2.05, 4.69) is 15.0 Å². The molecule has 41 heavy (non-hydrogen) atoms. The molecule has 2 N–H and O–H groups in total. The highest BCUT2D eigenvalue weighted by atomic mass is 32.2. The molecule has 1 aliphatic rings. The number of alkyl halides is 6. The number of nitriles is 1. The number of amides is 1. The number of hydrogen-bond donors (Lipinski definition) is 2. The van der Waals surface area contributed by atoms with Crippen LogP contribution in [0.3, 0.4) is 0 Å². The third-order valence-corrected chi connectivity index (χ3v) is 8.50. The first-order valence-corrected chi connectivity index (χ1v) is 14.5. The molecule has 0 bridgehead atoms. The largest absolute Gasteiger partial charge is 0.573 e. The van der Waals surface area contributed by atoms with Gasteiger partial charge in [-0.15, -0.1) is 13.2 Å². The molecule has 0 saturated heterocycles. The molecule has 1 fully saturated rings. The fourth-order valence-electron chi connectivity index (χ4n) is 4.68. The van der Waals surface area contributed by atoms with Gasteiger partial charge in [0.1, 0.15) is 21.7 Å². The maximum Gasteiger partial charge on any atom is 0.573 e. The van der Waals surface area contributed by atoms with Crippen molar-refractivity contribution >= 4 is 15.7 Å². The zero-order valence-electron chi connectivity index (χ0n) is 22.1. The predicted octanol–water partition coefficient (Wildman–Crippen LogP) is 4.15. The molecule has 1 aromatic heterocycles. The summed E-state index contributed by atoms with van der Waals surface area (Å²) in [6.07, 6.45) is -9.96. The molecule has 0 spiro atoms. The van der Waals surface area contributed by atoms with Crippen molar-refractivity contribution in [3.8, 4) is 17.5 Å². The Labute approximate surface area is 232 Å². The first kappa shape index (κ1) is 32.2. The van der Waals surface area contributed by atoms with Crippen molar-refractivity contribution in [2.75, 3.05) is 12.8 Å². The summed E-state index contributed by atoms with van der Waals surface area (Å²) >= 11 is 0. The van der Waals surface area contributed by atoms with E-state index >= 15 is 0 Å². The van der Waals surface area contributed by atoms with Gasteiger partial charge in [0.25, 0.3) is 5.91 Å². The molecule has 2 aromatic rings. The van der Waals surface area contributed by atoms with Gasteiger partial charge in [-0.25, -0.2) is 13.4 Å². The summed E-state index contributed by atoms with van der Waals surface area (Å²) in [6.45, 7) is 1.27. The van der Waals surface area contributed by atoms with Crippen LogP contribution in [-0.2, 0) is 22.7 Å². The van der Waals surface area contributed by atoms with Gasteiger partial charge in [-0.3, -0.25) is 9.36 Å². The van der Waals surface area contributed by atoms with Crippen molar-refractivity contribution in [2.45, 2.75) is 75.3 Å². The van der Waals surface area contributed by atoms with E-state index < -0.39 is 69.1 Å². The van der Waals surface area contributed by atoms with E-state index in [1.54, 1.807) is 13.0 Å². The third kappa shape index (κ3) is 8.35. The molecule has 1 saturated carbocycles. The van der Waals surface area contributed by atoms with Crippen LogP contribution in [-0.4, -0.2) is 65.2 Å². The highest BCUT2D eigenvalue weighted by Gasteiger charge is 2.38. The number of carbonyl (C=O) groups excluding carboxylic acids is 1. The highest BCUT2D eigenvalue weighted by molar-refractivity contribution is 7.91. The summed E-state index contributed by atoms with van der Waals surface area (Å²) in [5, 5.41) is 22.5. The topological polar surface area (TPSA) is 134 Å². The summed E-state index contributed by atoms with van der Waals surface area (Å²) in [5.41, 5.74) is -2.78. The van der Waals surface area contributed by atoms with Crippen LogP contribution in [0.25, 0.3) is 5.69 Å². The standard InChI is InChI=1S/C25H28F6N4O5S/c1-3-20-34-21(22(36)33-14-23(37)9-7-16(8-10-23)41(2,38)39)18(13-32)35(20)17-5-4-15(6-11-24(26,27)28)12-19(17)40-25(29,30)31/h4-5,12,16,37H,3,6-11,14H2,1-2H3,(H,33,36)/t16-,23+. The summed E-state index contributed by atoms with van der Waals surface area (Å²) in [6, 6.07) is 4.75. The molecule has 16 heteroatoms. The number of carbonyl (C=O) groups is 1. The molecule has 1 aliphatic carbocycles. The van der Waals surface area contributed by atoms with Crippen LogP contribution in [0.1, 0.15) is 66.6 Å². The van der Waals surface area contributed by atoms with Crippen LogP contribution in [0.4, 0.5) is 26.3 Å². The Kier molecular flexibility index (Phi) is 9.33. The summed E-state index contributed by atoms with van der Waals surface area (Å²) in [5.74, 6) is -1.80. The Hall–Kier alpha value is -3.32. The lowest BCUT2D eigenvalue weighted by Gasteiger charge is -2.35. The minimum Gasteiger partial charge on any atom is -0.404 e. The minimum absolute atomic E-state index is 0.00543. The van der Waals surface area contributed by atoms with Crippen molar-refractivity contribution in [2.24, 2.45) is 0 Å². The molecule has 9 nitrogen and oxygen atoms in total. The van der Waals surface area contributed by atoms with Crippen LogP contribution < -0.4 is 10.1 Å². The van der Waals surface area contributed by atoms with Gasteiger partial charge in [-0.2, -0.15) is 18.4 Å². The third-order valence-electron chi connectivity index (χ3n) is 6.82. The Bertz CT molecular complexity index is 1420. The van der Waals surface area contributed by atoms with Gasteiger partial charge in [0, 0.05) is 25.6 Å². The first-order chi connectivity index (χ1) is 18.9. The second kappa shape index (κ2) is 11.9. The van der Waals surface area contributed by atoms with Gasteiger partial charge in [-0.1, -0.05) is 13.0 Å². The van der Waals surface area contributed by atoms with Crippen LogP contribution in [0.15, 0.2) is 18.2 Å². The SMILES string of the molecule is CCc1nc(C(=O)NC[C@]2(O)CC[C@@H](S(C)(=O)=O)CC2)c(C#N)n1-c1ccc(CCC(F)(F)F)cc1OC(F)(F)F. The lowest BCUT2D eigenvalue weighted by atomic mass is 9.84. The molecule has 226 valence electrons. The second-order valence-electron chi connectivity index (χ2n) is 9.93. The van der Waals surface area contributed by atoms with Crippen molar-refractivity contribution in [3.05, 3.63) is 41.0 Å². The van der Waals surface area contributed by atoms with E-state index in [1.165, 1.54) is 0 Å². The number of benzene rings is 1. The number of aromatic nitrogens is 2. The van der Waals surface area contributed by atoms with Gasteiger partial charge in [0.05, 0.1) is 16.5 Å². The molecular weight excluding hydrogens is 582 g/mol. The van der Waals surface area contributed by atoms with Gasteiger partial charge >= 0.3 is 12.5 Å². The molecule has 1 aromatic carbocycles. The number of ether oxygens (including phenoxy) is 1. The monoisotopic (exact) mass is 610 g/mol. The number of imidazole rings is 1. The molecule has 0 unspecified atom stereocenters. The quantitative estimate of drug-likeness (QED) is 0.408. The van der Waals surface area contributed by atoms with E-state index in [0.717, 1.165) is 29.0 Å². The van der Waals surface area contributed by atoms with Crippen LogP contribution in [0, 0.1) is 11.3 Å². The Morgan fingerprint density at radius 1 is 1.24 bits per heavy atom. The minimum atomic E-state index is -5.22. The molecular formula is C25H28F6N4O5S. The van der Waals surface area contributed by atoms with E-state index in [1.807, 2.05) is 0 Å². The van der Waals surface area contributed by atoms with Gasteiger partial charge < -0.3 is 15.2 Å². The normalized spacial score (nSPS) is 20.0. The number of sulfone groups is 1. The van der Waals surface area contributed by atoms with E-state index in [4.69, 9.17) is 0 Å². The van der Waals surface area contributed by atoms with Crippen molar-refractivity contribution in [3.63, 3.8) is 0 Å². The fraction of sp³-hybridized carbons (Fsp3) is 0.560. The summed E-state index contributed by atoms with van der Waals surface area (Å²) in [7, 11) is -3.30. The highest BCUT2D eigenvalue weighted by Crippen LogP contribution is 2.35. The fourth-order valence-corrected chi connectivity index (χ4v) is 5.77. The predicted molar refractivity (Wildman–Crippen MR) is 133 cm³/mol. The van der Waals surface area contributed by atoms with Crippen molar-refractivity contribution < 1.29 is 49.4 Å². The Morgan fingerprint density at radius 3 is 2.39 bits per heavy atom. The maximum absolute atomic E-state index is 13.2. The van der Waals surface area contributed by atoms with Crippen LogP contribution in [0.5, 0.6) is 5.75 Å². The van der Waals surface area contributed by atoms with Crippen LogP contribution in [0.2, 0.25) is 0 Å². The smallest absolute Gasteiger partial charge is 0.404 e. The number of hydrogen-bond acceptors (Lipinski definition) is 7. The number of nitrogens with one attached hydrogen (secondary N) is 1. The molecule has 0 aliphatic heterocycles. The number of aryl methyl sites for hydroxylation is 2. The number of aliphatic hydroxyl groups is 1. The number of nitrogens with zero attached hydrogens (tertiary/aromatic N) is 3. The van der Waals surface area contributed by atoms with E-state index in [9.17, 15) is 49.9 Å². The average Bonchev–Trinajstić information content (AvgIpc) is 3.23. The van der Waals surface area contributed by atoms with E-state index in [-0.39, 0.29) is 55.7 Å². The van der Waals surface area contributed by atoms with Crippen LogP contribution >= 0.6 is 0 Å². The molecule has 0 atom stereocenters. The zero-order valence-corrected chi connectivity index (χ0v) is 22.9. The maximum atomic E-state index is 13.2. The zero-order chi connectivity index (χ0) is 30.8. The lowest BCUT2D eigenvalue weighted by Crippen LogP contribution is -2.47. The van der Waals surface area contributed by atoms with Gasteiger partial charge in [-0.05, 0) is 49.8 Å². The Balaban J connectivity index is 1.93. The van der Waals surface area contributed by atoms with Crippen molar-refractivity contribution in [1.29, 1.82) is 5.26 Å².